The molecule has 0 spiro atoms. The molecule has 7 nitrogen and oxygen atoms in total. The summed E-state index contributed by atoms with van der Waals surface area (Å²) in [5.74, 6) is -1.52. The van der Waals surface area contributed by atoms with Crippen molar-refractivity contribution in [1.82, 2.24) is 0 Å². The predicted octanol–water partition coefficient (Wildman–Crippen LogP) is 3.17. The van der Waals surface area contributed by atoms with Crippen LogP contribution in [-0.4, -0.2) is 31.5 Å². The summed E-state index contributed by atoms with van der Waals surface area (Å²) in [6, 6.07) is 5.88. The summed E-state index contributed by atoms with van der Waals surface area (Å²) in [6.45, 7) is 6.83. The van der Waals surface area contributed by atoms with Crippen LogP contribution in [0.1, 0.15) is 38.1 Å². The van der Waals surface area contributed by atoms with E-state index in [0.29, 0.717) is 0 Å². The quantitative estimate of drug-likeness (QED) is 0.447. The van der Waals surface area contributed by atoms with Crippen molar-refractivity contribution in [3.63, 3.8) is 0 Å². The van der Waals surface area contributed by atoms with Gasteiger partial charge in [0, 0.05) is 5.92 Å². The molecule has 7 heteroatoms. The number of hydrogen-bond donors (Lipinski definition) is 0. The Morgan fingerprint density at radius 3 is 2.21 bits per heavy atom. The molecule has 0 saturated heterocycles. The van der Waals surface area contributed by atoms with E-state index in [1.807, 2.05) is 0 Å². The van der Waals surface area contributed by atoms with Gasteiger partial charge in [-0.1, -0.05) is 33.8 Å². The third kappa shape index (κ3) is 5.91. The average Bonchev–Trinajstić information content (AvgIpc) is 2.53. The molecule has 0 bridgehead atoms. The van der Waals surface area contributed by atoms with Crippen LogP contribution in [0.3, 0.4) is 0 Å². The van der Waals surface area contributed by atoms with Crippen LogP contribution in [0, 0.1) is 11.8 Å². The molecule has 0 saturated carbocycles. The normalized spacial score (nSPS) is 11.8. The van der Waals surface area contributed by atoms with Gasteiger partial charge < -0.3 is 18.9 Å². The first-order valence-electron chi connectivity index (χ1n) is 7.52. The van der Waals surface area contributed by atoms with Crippen LogP contribution >= 0.6 is 0 Å². The van der Waals surface area contributed by atoms with Gasteiger partial charge in [0.25, 0.3) is 6.29 Å². The maximum Gasteiger partial charge on any atom is 0.516 e. The molecule has 1 aromatic rings. The maximum atomic E-state index is 11.9. The number of carbonyl (C=O) groups is 3. The number of ether oxygens (including phenoxy) is 4. The van der Waals surface area contributed by atoms with E-state index in [2.05, 4.69) is 4.74 Å². The van der Waals surface area contributed by atoms with Gasteiger partial charge in [-0.05, 0) is 18.2 Å². The highest BCUT2D eigenvalue weighted by Crippen LogP contribution is 2.17. The van der Waals surface area contributed by atoms with E-state index in [4.69, 9.17) is 14.2 Å². The first kappa shape index (κ1) is 19.5. The number of rotatable bonds is 6. The topological polar surface area (TPSA) is 88.1 Å². The molecule has 1 rings (SSSR count). The smallest absolute Gasteiger partial charge is 0.465 e. The average molecular weight is 338 g/mol. The molecule has 0 aliphatic carbocycles. The molecular formula is C17H22O7. The molecule has 0 aliphatic rings. The monoisotopic (exact) mass is 338 g/mol. The summed E-state index contributed by atoms with van der Waals surface area (Å²) < 4.78 is 19.8. The Bertz CT molecular complexity index is 592. The van der Waals surface area contributed by atoms with E-state index in [0.717, 1.165) is 0 Å². The summed E-state index contributed by atoms with van der Waals surface area (Å²) in [7, 11) is 1.25. The lowest BCUT2D eigenvalue weighted by Crippen LogP contribution is -2.32. The van der Waals surface area contributed by atoms with Crippen LogP contribution in [0.25, 0.3) is 0 Å². The summed E-state index contributed by atoms with van der Waals surface area (Å²) in [5, 5.41) is 0. The Balaban J connectivity index is 2.72. The van der Waals surface area contributed by atoms with Gasteiger partial charge in [-0.2, -0.15) is 0 Å². The predicted molar refractivity (Wildman–Crippen MR) is 84.4 cm³/mol. The van der Waals surface area contributed by atoms with Gasteiger partial charge in [-0.15, -0.1) is 0 Å². The van der Waals surface area contributed by atoms with E-state index < -0.39 is 24.4 Å². The Morgan fingerprint density at radius 1 is 1.00 bits per heavy atom. The van der Waals surface area contributed by atoms with Gasteiger partial charge in [0.05, 0.1) is 18.6 Å². The Labute approximate surface area is 140 Å². The molecular weight excluding hydrogens is 316 g/mol. The van der Waals surface area contributed by atoms with Crippen LogP contribution in [-0.2, 0) is 19.0 Å². The van der Waals surface area contributed by atoms with Crippen molar-refractivity contribution in [3.05, 3.63) is 29.8 Å². The largest absolute Gasteiger partial charge is 0.516 e. The molecule has 1 aromatic carbocycles. The molecule has 0 N–H and O–H groups in total. The molecule has 132 valence electrons. The highest BCUT2D eigenvalue weighted by Gasteiger charge is 2.25. The summed E-state index contributed by atoms with van der Waals surface area (Å²) in [5.41, 5.74) is 0.231. The van der Waals surface area contributed by atoms with Crippen LogP contribution in [0.5, 0.6) is 5.75 Å². The third-order valence-corrected chi connectivity index (χ3v) is 2.92. The van der Waals surface area contributed by atoms with Crippen molar-refractivity contribution in [2.45, 2.75) is 34.0 Å². The lowest BCUT2D eigenvalue weighted by Gasteiger charge is -2.21. The maximum absolute atomic E-state index is 11.9. The standard InChI is InChI=1S/C17H22O7/c1-10(2)14(18)23-16(11(3)4)24-17(20)22-13-8-6-7-12(9-13)15(19)21-5/h6-11,16H,1-5H3. The van der Waals surface area contributed by atoms with E-state index >= 15 is 0 Å². The van der Waals surface area contributed by atoms with Gasteiger partial charge in [-0.25, -0.2) is 9.59 Å². The van der Waals surface area contributed by atoms with Crippen molar-refractivity contribution < 1.29 is 33.3 Å². The molecule has 0 aliphatic heterocycles. The molecule has 0 amide bonds. The lowest BCUT2D eigenvalue weighted by atomic mass is 10.2. The molecule has 0 aromatic heterocycles. The SMILES string of the molecule is COC(=O)c1cccc(OC(=O)OC(OC(=O)C(C)C)C(C)C)c1. The molecule has 0 fully saturated rings. The molecule has 24 heavy (non-hydrogen) atoms. The Kier molecular flexibility index (Phi) is 7.23. The van der Waals surface area contributed by atoms with E-state index in [1.54, 1.807) is 27.7 Å². The van der Waals surface area contributed by atoms with Gasteiger partial charge in [0.1, 0.15) is 5.75 Å². The van der Waals surface area contributed by atoms with Crippen LogP contribution in [0.2, 0.25) is 0 Å². The van der Waals surface area contributed by atoms with Crippen LogP contribution in [0.4, 0.5) is 4.79 Å². The zero-order chi connectivity index (χ0) is 18.3. The van der Waals surface area contributed by atoms with E-state index in [9.17, 15) is 14.4 Å². The molecule has 0 radical (unpaired) electrons. The first-order chi connectivity index (χ1) is 11.2. The zero-order valence-electron chi connectivity index (χ0n) is 14.4. The zero-order valence-corrected chi connectivity index (χ0v) is 14.4. The summed E-state index contributed by atoms with van der Waals surface area (Å²) >= 11 is 0. The second-order valence-corrected chi connectivity index (χ2v) is 5.69. The lowest BCUT2D eigenvalue weighted by molar-refractivity contribution is -0.180. The fourth-order valence-electron chi connectivity index (χ4n) is 1.57. The second kappa shape index (κ2) is 8.90. The van der Waals surface area contributed by atoms with Crippen molar-refractivity contribution >= 4 is 18.1 Å². The van der Waals surface area contributed by atoms with E-state index in [1.165, 1.54) is 31.4 Å². The van der Waals surface area contributed by atoms with E-state index in [-0.39, 0.29) is 23.1 Å². The number of benzene rings is 1. The molecule has 0 heterocycles. The van der Waals surface area contributed by atoms with Gasteiger partial charge >= 0.3 is 18.1 Å². The third-order valence-electron chi connectivity index (χ3n) is 2.92. The van der Waals surface area contributed by atoms with Crippen molar-refractivity contribution in [2.24, 2.45) is 11.8 Å². The fourth-order valence-corrected chi connectivity index (χ4v) is 1.57. The minimum Gasteiger partial charge on any atom is -0.465 e. The minimum absolute atomic E-state index is 0.112. The molecule has 1 unspecified atom stereocenters. The summed E-state index contributed by atoms with van der Waals surface area (Å²) in [6.07, 6.45) is -2.09. The minimum atomic E-state index is -1.06. The first-order valence-corrected chi connectivity index (χ1v) is 7.52. The Hall–Kier alpha value is -2.57. The van der Waals surface area contributed by atoms with Crippen LogP contribution in [0.15, 0.2) is 24.3 Å². The molecule has 1 atom stereocenters. The van der Waals surface area contributed by atoms with Crippen LogP contribution < -0.4 is 4.74 Å². The summed E-state index contributed by atoms with van der Waals surface area (Å²) in [4.78, 5) is 35.0. The van der Waals surface area contributed by atoms with Crippen molar-refractivity contribution in [1.29, 1.82) is 0 Å². The van der Waals surface area contributed by atoms with Gasteiger partial charge in [-0.3, -0.25) is 4.79 Å². The number of hydrogen-bond acceptors (Lipinski definition) is 7. The van der Waals surface area contributed by atoms with Gasteiger partial charge in [0.15, 0.2) is 0 Å². The number of methoxy groups -OCH3 is 1. The fraction of sp³-hybridized carbons (Fsp3) is 0.471. The van der Waals surface area contributed by atoms with Crippen molar-refractivity contribution in [3.8, 4) is 5.75 Å². The van der Waals surface area contributed by atoms with Crippen molar-refractivity contribution in [2.75, 3.05) is 7.11 Å². The highest BCUT2D eigenvalue weighted by molar-refractivity contribution is 5.89. The second-order valence-electron chi connectivity index (χ2n) is 5.69. The highest BCUT2D eigenvalue weighted by atomic mass is 16.8. The Morgan fingerprint density at radius 2 is 1.67 bits per heavy atom. The number of esters is 2. The number of carbonyl (C=O) groups excluding carboxylic acids is 3. The van der Waals surface area contributed by atoms with Gasteiger partial charge in [0.2, 0.25) is 0 Å².